The summed E-state index contributed by atoms with van der Waals surface area (Å²) < 4.78 is 37.4. The van der Waals surface area contributed by atoms with E-state index in [0.717, 1.165) is 32.0 Å². The molecule has 0 radical (unpaired) electrons. The van der Waals surface area contributed by atoms with Crippen LogP contribution in [0.15, 0.2) is 18.2 Å². The average Bonchev–Trinajstić information content (AvgIpc) is 2.29. The van der Waals surface area contributed by atoms with Gasteiger partial charge in [0.15, 0.2) is 0 Å². The van der Waals surface area contributed by atoms with Gasteiger partial charge in [-0.2, -0.15) is 13.2 Å². The molecule has 96 valence electrons. The van der Waals surface area contributed by atoms with E-state index in [-0.39, 0.29) is 18.3 Å². The number of alkyl halides is 3. The minimum absolute atomic E-state index is 0. The van der Waals surface area contributed by atoms with Gasteiger partial charge < -0.3 is 5.32 Å². The first-order valence-electron chi connectivity index (χ1n) is 5.32. The van der Waals surface area contributed by atoms with Crippen LogP contribution in [0.1, 0.15) is 30.1 Å². The Bertz CT molecular complexity index is 362. The zero-order chi connectivity index (χ0) is 11.6. The molecular formula is C11H14ClF3N2. The number of hydrogen-bond donors (Lipinski definition) is 1. The number of nitrogens with zero attached hydrogens (tertiary/aromatic N) is 1. The minimum atomic E-state index is -4.34. The summed E-state index contributed by atoms with van der Waals surface area (Å²) in [6, 6.07) is 4.14. The zero-order valence-corrected chi connectivity index (χ0v) is 9.94. The van der Waals surface area contributed by atoms with E-state index in [0.29, 0.717) is 5.69 Å². The molecule has 0 amide bonds. The number of pyridine rings is 1. The van der Waals surface area contributed by atoms with Crippen molar-refractivity contribution in [3.05, 3.63) is 29.6 Å². The highest BCUT2D eigenvalue weighted by atomic mass is 35.5. The Kier molecular flexibility index (Phi) is 4.77. The molecule has 1 aromatic heterocycles. The summed E-state index contributed by atoms with van der Waals surface area (Å²) in [5, 5.41) is 3.18. The molecule has 1 N–H and O–H groups in total. The van der Waals surface area contributed by atoms with Gasteiger partial charge in [0.25, 0.3) is 0 Å². The van der Waals surface area contributed by atoms with Crippen LogP contribution in [0.3, 0.4) is 0 Å². The van der Waals surface area contributed by atoms with Gasteiger partial charge in [-0.25, -0.2) is 4.98 Å². The van der Waals surface area contributed by atoms with E-state index in [1.54, 1.807) is 6.07 Å². The van der Waals surface area contributed by atoms with E-state index in [9.17, 15) is 13.2 Å². The molecule has 1 saturated heterocycles. The molecule has 1 fully saturated rings. The fourth-order valence-electron chi connectivity index (χ4n) is 1.95. The highest BCUT2D eigenvalue weighted by molar-refractivity contribution is 5.85. The smallest absolute Gasteiger partial charge is 0.317 e. The van der Waals surface area contributed by atoms with Gasteiger partial charge in [-0.15, -0.1) is 12.4 Å². The van der Waals surface area contributed by atoms with Crippen molar-refractivity contribution in [1.29, 1.82) is 0 Å². The lowest BCUT2D eigenvalue weighted by molar-refractivity contribution is -0.141. The van der Waals surface area contributed by atoms with Gasteiger partial charge in [-0.3, -0.25) is 0 Å². The first-order valence-corrected chi connectivity index (χ1v) is 5.32. The van der Waals surface area contributed by atoms with Crippen LogP contribution in [-0.2, 0) is 6.18 Å². The first-order chi connectivity index (χ1) is 7.57. The maximum absolute atomic E-state index is 12.5. The Balaban J connectivity index is 0.00000144. The Hall–Kier alpha value is -0.810. The molecule has 1 aliphatic heterocycles. The summed E-state index contributed by atoms with van der Waals surface area (Å²) in [5.74, 6) is 0.156. The lowest BCUT2D eigenvalue weighted by Gasteiger charge is -2.22. The summed E-state index contributed by atoms with van der Waals surface area (Å²) in [6.45, 7) is 1.70. The van der Waals surface area contributed by atoms with Gasteiger partial charge in [0.1, 0.15) is 5.69 Å². The molecule has 1 aromatic rings. The lowest BCUT2D eigenvalue weighted by Crippen LogP contribution is -2.27. The van der Waals surface area contributed by atoms with Crippen LogP contribution < -0.4 is 5.32 Å². The Morgan fingerprint density at radius 3 is 2.41 bits per heavy atom. The normalized spacial score (nSPS) is 17.6. The third kappa shape index (κ3) is 3.57. The van der Waals surface area contributed by atoms with Crippen molar-refractivity contribution in [3.8, 4) is 0 Å². The molecule has 0 bridgehead atoms. The Morgan fingerprint density at radius 1 is 1.18 bits per heavy atom. The highest BCUT2D eigenvalue weighted by Crippen LogP contribution is 2.30. The van der Waals surface area contributed by atoms with Gasteiger partial charge in [0, 0.05) is 11.6 Å². The molecular weight excluding hydrogens is 253 g/mol. The second-order valence-electron chi connectivity index (χ2n) is 3.97. The third-order valence-corrected chi connectivity index (χ3v) is 2.82. The number of hydrogen-bond acceptors (Lipinski definition) is 2. The molecule has 0 unspecified atom stereocenters. The number of aromatic nitrogens is 1. The van der Waals surface area contributed by atoms with Gasteiger partial charge in [0.2, 0.25) is 0 Å². The number of nitrogens with one attached hydrogen (secondary N) is 1. The van der Waals surface area contributed by atoms with Gasteiger partial charge in [-0.05, 0) is 38.1 Å². The Morgan fingerprint density at radius 2 is 1.82 bits per heavy atom. The average molecular weight is 267 g/mol. The summed E-state index contributed by atoms with van der Waals surface area (Å²) in [7, 11) is 0. The van der Waals surface area contributed by atoms with Gasteiger partial charge >= 0.3 is 6.18 Å². The monoisotopic (exact) mass is 266 g/mol. The summed E-state index contributed by atoms with van der Waals surface area (Å²) in [5.41, 5.74) is -0.222. The molecule has 0 atom stereocenters. The van der Waals surface area contributed by atoms with E-state index in [2.05, 4.69) is 10.3 Å². The van der Waals surface area contributed by atoms with Crippen LogP contribution in [0.4, 0.5) is 13.2 Å². The van der Waals surface area contributed by atoms with E-state index < -0.39 is 11.9 Å². The maximum Gasteiger partial charge on any atom is 0.433 e. The molecule has 6 heteroatoms. The standard InChI is InChI=1S/C11H13F3N2.ClH/c12-11(13,14)10-3-1-2-9(16-10)8-4-6-15-7-5-8;/h1-3,8,15H,4-7H2;1H. The quantitative estimate of drug-likeness (QED) is 0.845. The van der Waals surface area contributed by atoms with Gasteiger partial charge in [0.05, 0.1) is 0 Å². The number of halogens is 4. The molecule has 2 heterocycles. The minimum Gasteiger partial charge on any atom is -0.317 e. The maximum atomic E-state index is 12.5. The fourth-order valence-corrected chi connectivity index (χ4v) is 1.95. The van der Waals surface area contributed by atoms with Crippen molar-refractivity contribution in [2.24, 2.45) is 0 Å². The van der Waals surface area contributed by atoms with Crippen molar-refractivity contribution in [2.75, 3.05) is 13.1 Å². The second kappa shape index (κ2) is 5.69. The van der Waals surface area contributed by atoms with Crippen LogP contribution in [0.2, 0.25) is 0 Å². The van der Waals surface area contributed by atoms with Crippen molar-refractivity contribution in [1.82, 2.24) is 10.3 Å². The number of rotatable bonds is 1. The molecule has 0 spiro atoms. The largest absolute Gasteiger partial charge is 0.433 e. The van der Waals surface area contributed by atoms with Crippen molar-refractivity contribution in [2.45, 2.75) is 24.9 Å². The zero-order valence-electron chi connectivity index (χ0n) is 9.13. The van der Waals surface area contributed by atoms with Crippen molar-refractivity contribution < 1.29 is 13.2 Å². The van der Waals surface area contributed by atoms with Crippen molar-refractivity contribution in [3.63, 3.8) is 0 Å². The van der Waals surface area contributed by atoms with Crippen LogP contribution >= 0.6 is 12.4 Å². The third-order valence-electron chi connectivity index (χ3n) is 2.82. The predicted octanol–water partition coefficient (Wildman–Crippen LogP) is 2.99. The van der Waals surface area contributed by atoms with E-state index in [1.807, 2.05) is 0 Å². The SMILES string of the molecule is Cl.FC(F)(F)c1cccc(C2CCNCC2)n1. The topological polar surface area (TPSA) is 24.9 Å². The van der Waals surface area contributed by atoms with Crippen LogP contribution in [0.5, 0.6) is 0 Å². The molecule has 1 aliphatic rings. The fraction of sp³-hybridized carbons (Fsp3) is 0.545. The molecule has 2 rings (SSSR count). The molecule has 2 nitrogen and oxygen atoms in total. The molecule has 0 saturated carbocycles. The summed E-state index contributed by atoms with van der Waals surface area (Å²) >= 11 is 0. The highest BCUT2D eigenvalue weighted by Gasteiger charge is 2.33. The first kappa shape index (κ1) is 14.3. The molecule has 0 aromatic carbocycles. The van der Waals surface area contributed by atoms with E-state index >= 15 is 0 Å². The summed E-state index contributed by atoms with van der Waals surface area (Å²) in [6.07, 6.45) is -2.63. The number of piperidine rings is 1. The molecule has 0 aliphatic carbocycles. The van der Waals surface area contributed by atoms with E-state index in [1.165, 1.54) is 6.07 Å². The second-order valence-corrected chi connectivity index (χ2v) is 3.97. The van der Waals surface area contributed by atoms with Crippen molar-refractivity contribution >= 4 is 12.4 Å². The Labute approximate surface area is 104 Å². The summed E-state index contributed by atoms with van der Waals surface area (Å²) in [4.78, 5) is 3.71. The van der Waals surface area contributed by atoms with E-state index in [4.69, 9.17) is 0 Å². The van der Waals surface area contributed by atoms with Crippen LogP contribution in [0.25, 0.3) is 0 Å². The van der Waals surface area contributed by atoms with Gasteiger partial charge in [-0.1, -0.05) is 6.07 Å². The van der Waals surface area contributed by atoms with Crippen LogP contribution in [-0.4, -0.2) is 18.1 Å². The molecule has 17 heavy (non-hydrogen) atoms. The lowest BCUT2D eigenvalue weighted by atomic mass is 9.94. The predicted molar refractivity (Wildman–Crippen MR) is 61.3 cm³/mol. The van der Waals surface area contributed by atoms with Crippen LogP contribution in [0, 0.1) is 0 Å².